The number of hydrogen-bond donors (Lipinski definition) is 1. The highest BCUT2D eigenvalue weighted by molar-refractivity contribution is 4.80. The molecule has 0 aromatic heterocycles. The molecule has 1 saturated carbocycles. The van der Waals surface area contributed by atoms with Crippen LogP contribution in [0, 0.1) is 12.8 Å². The van der Waals surface area contributed by atoms with Gasteiger partial charge in [-0.2, -0.15) is 0 Å². The first-order chi connectivity index (χ1) is 3.84. The molecule has 0 aromatic carbocycles. The van der Waals surface area contributed by atoms with Crippen molar-refractivity contribution in [3.63, 3.8) is 0 Å². The van der Waals surface area contributed by atoms with E-state index < -0.39 is 0 Å². The molecule has 0 aliphatic heterocycles. The first kappa shape index (κ1) is 6.09. The zero-order chi connectivity index (χ0) is 5.98. The third-order valence-electron chi connectivity index (χ3n) is 1.67. The Morgan fingerprint density at radius 1 is 1.62 bits per heavy atom. The van der Waals surface area contributed by atoms with Crippen molar-refractivity contribution in [1.29, 1.82) is 0 Å². The highest BCUT2D eigenvalue weighted by Crippen LogP contribution is 2.34. The molecule has 0 saturated heterocycles. The number of aliphatic hydroxyl groups excluding tert-OH is 1. The van der Waals surface area contributed by atoms with Crippen LogP contribution in [0.4, 0.5) is 0 Å². The smallest absolute Gasteiger partial charge is 0.0568 e. The van der Waals surface area contributed by atoms with Crippen molar-refractivity contribution >= 4 is 0 Å². The average Bonchev–Trinajstić information content (AvgIpc) is 2.45. The molecular formula is C7H13O. The van der Waals surface area contributed by atoms with Crippen molar-refractivity contribution in [1.82, 2.24) is 0 Å². The molecule has 1 N–H and O–H groups in total. The lowest BCUT2D eigenvalue weighted by Crippen LogP contribution is -2.07. The Bertz CT molecular complexity index is 66.8. The SMILES string of the molecule is [CH2]CCC(O)C1CC1. The van der Waals surface area contributed by atoms with Crippen LogP contribution in [-0.2, 0) is 0 Å². The van der Waals surface area contributed by atoms with Crippen LogP contribution in [0.15, 0.2) is 0 Å². The summed E-state index contributed by atoms with van der Waals surface area (Å²) in [6.07, 6.45) is 4.21. The molecule has 1 fully saturated rings. The summed E-state index contributed by atoms with van der Waals surface area (Å²) in [6, 6.07) is 0. The topological polar surface area (TPSA) is 20.2 Å². The molecule has 1 aliphatic rings. The van der Waals surface area contributed by atoms with E-state index in [9.17, 15) is 0 Å². The minimum Gasteiger partial charge on any atom is -0.393 e. The molecule has 47 valence electrons. The molecule has 1 unspecified atom stereocenters. The van der Waals surface area contributed by atoms with Gasteiger partial charge in [-0.3, -0.25) is 0 Å². The van der Waals surface area contributed by atoms with Crippen molar-refractivity contribution in [3.05, 3.63) is 6.92 Å². The van der Waals surface area contributed by atoms with Crippen LogP contribution in [0.25, 0.3) is 0 Å². The van der Waals surface area contributed by atoms with E-state index in [1.54, 1.807) is 0 Å². The summed E-state index contributed by atoms with van der Waals surface area (Å²) in [6.45, 7) is 3.68. The van der Waals surface area contributed by atoms with Crippen molar-refractivity contribution in [2.24, 2.45) is 5.92 Å². The predicted molar refractivity (Wildman–Crippen MR) is 33.3 cm³/mol. The maximum absolute atomic E-state index is 9.15. The summed E-state index contributed by atoms with van der Waals surface area (Å²) in [7, 11) is 0. The van der Waals surface area contributed by atoms with Gasteiger partial charge in [0.2, 0.25) is 0 Å². The van der Waals surface area contributed by atoms with Gasteiger partial charge in [0.1, 0.15) is 0 Å². The fourth-order valence-electron chi connectivity index (χ4n) is 0.926. The lowest BCUT2D eigenvalue weighted by Gasteiger charge is -2.04. The van der Waals surface area contributed by atoms with E-state index in [-0.39, 0.29) is 6.10 Å². The van der Waals surface area contributed by atoms with E-state index in [1.165, 1.54) is 12.8 Å². The fourth-order valence-corrected chi connectivity index (χ4v) is 0.926. The second-order valence-corrected chi connectivity index (χ2v) is 2.55. The van der Waals surface area contributed by atoms with Crippen LogP contribution >= 0.6 is 0 Å². The molecule has 1 radical (unpaired) electrons. The minimum absolute atomic E-state index is 0.0347. The number of rotatable bonds is 3. The lowest BCUT2D eigenvalue weighted by atomic mass is 10.1. The van der Waals surface area contributed by atoms with Gasteiger partial charge in [0.05, 0.1) is 6.10 Å². The fraction of sp³-hybridized carbons (Fsp3) is 0.857. The van der Waals surface area contributed by atoms with Crippen molar-refractivity contribution < 1.29 is 5.11 Å². The Hall–Kier alpha value is -0.0400. The lowest BCUT2D eigenvalue weighted by molar-refractivity contribution is 0.142. The first-order valence-corrected chi connectivity index (χ1v) is 3.32. The quantitative estimate of drug-likeness (QED) is 0.586. The summed E-state index contributed by atoms with van der Waals surface area (Å²) >= 11 is 0. The van der Waals surface area contributed by atoms with Crippen LogP contribution in [0.5, 0.6) is 0 Å². The Labute approximate surface area is 50.7 Å². The molecule has 0 heterocycles. The molecule has 1 atom stereocenters. The van der Waals surface area contributed by atoms with Crippen molar-refractivity contribution in [2.75, 3.05) is 0 Å². The zero-order valence-corrected chi connectivity index (χ0v) is 5.14. The van der Waals surface area contributed by atoms with Gasteiger partial charge in [-0.1, -0.05) is 13.3 Å². The van der Waals surface area contributed by atoms with Gasteiger partial charge in [-0.25, -0.2) is 0 Å². The highest BCUT2D eigenvalue weighted by atomic mass is 16.3. The summed E-state index contributed by atoms with van der Waals surface area (Å²) in [5, 5.41) is 9.15. The summed E-state index contributed by atoms with van der Waals surface area (Å²) in [5.41, 5.74) is 0. The standard InChI is InChI=1S/C7H13O/c1-2-3-7(8)6-4-5-6/h6-8H,1-5H2. The average molecular weight is 113 g/mol. The maximum atomic E-state index is 9.15. The van der Waals surface area contributed by atoms with E-state index >= 15 is 0 Å². The molecule has 1 aliphatic carbocycles. The number of aliphatic hydroxyl groups is 1. The minimum atomic E-state index is -0.0347. The Kier molecular flexibility index (Phi) is 1.90. The normalized spacial score (nSPS) is 23.2. The van der Waals surface area contributed by atoms with Crippen LogP contribution < -0.4 is 0 Å². The summed E-state index contributed by atoms with van der Waals surface area (Å²) in [5.74, 6) is 0.636. The van der Waals surface area contributed by atoms with Gasteiger partial charge in [0.25, 0.3) is 0 Å². The maximum Gasteiger partial charge on any atom is 0.0568 e. The molecule has 1 rings (SSSR count). The van der Waals surface area contributed by atoms with E-state index in [0.29, 0.717) is 5.92 Å². The number of hydrogen-bond acceptors (Lipinski definition) is 1. The Balaban J connectivity index is 2.03. The van der Waals surface area contributed by atoms with Crippen LogP contribution in [0.1, 0.15) is 25.7 Å². The van der Waals surface area contributed by atoms with Crippen molar-refractivity contribution in [3.8, 4) is 0 Å². The zero-order valence-electron chi connectivity index (χ0n) is 5.14. The highest BCUT2D eigenvalue weighted by Gasteiger charge is 2.28. The van der Waals surface area contributed by atoms with E-state index in [2.05, 4.69) is 6.92 Å². The van der Waals surface area contributed by atoms with Crippen LogP contribution in [-0.4, -0.2) is 11.2 Å². The van der Waals surface area contributed by atoms with Gasteiger partial charge >= 0.3 is 0 Å². The first-order valence-electron chi connectivity index (χ1n) is 3.32. The molecular weight excluding hydrogens is 100 g/mol. The molecule has 8 heavy (non-hydrogen) atoms. The second kappa shape index (κ2) is 2.49. The third-order valence-corrected chi connectivity index (χ3v) is 1.67. The van der Waals surface area contributed by atoms with Gasteiger partial charge in [0.15, 0.2) is 0 Å². The van der Waals surface area contributed by atoms with Crippen molar-refractivity contribution in [2.45, 2.75) is 31.8 Å². The monoisotopic (exact) mass is 113 g/mol. The van der Waals surface area contributed by atoms with Gasteiger partial charge in [-0.15, -0.1) is 0 Å². The van der Waals surface area contributed by atoms with Crippen LogP contribution in [0.3, 0.4) is 0 Å². The molecule has 0 bridgehead atoms. The third kappa shape index (κ3) is 1.48. The largest absolute Gasteiger partial charge is 0.393 e. The summed E-state index contributed by atoms with van der Waals surface area (Å²) in [4.78, 5) is 0. The molecule has 1 heteroatoms. The van der Waals surface area contributed by atoms with Gasteiger partial charge in [-0.05, 0) is 25.2 Å². The van der Waals surface area contributed by atoms with Gasteiger partial charge < -0.3 is 5.11 Å². The molecule has 0 amide bonds. The predicted octanol–water partition coefficient (Wildman–Crippen LogP) is 1.37. The van der Waals surface area contributed by atoms with E-state index in [1.807, 2.05) is 0 Å². The van der Waals surface area contributed by atoms with Gasteiger partial charge in [0, 0.05) is 0 Å². The van der Waals surface area contributed by atoms with Crippen LogP contribution in [0.2, 0.25) is 0 Å². The Morgan fingerprint density at radius 3 is 2.62 bits per heavy atom. The Morgan fingerprint density at radius 2 is 2.25 bits per heavy atom. The van der Waals surface area contributed by atoms with E-state index in [0.717, 1.165) is 12.8 Å². The molecule has 0 aromatic rings. The second-order valence-electron chi connectivity index (χ2n) is 2.55. The van der Waals surface area contributed by atoms with E-state index in [4.69, 9.17) is 5.11 Å². The summed E-state index contributed by atoms with van der Waals surface area (Å²) < 4.78 is 0. The molecule has 1 nitrogen and oxygen atoms in total. The molecule has 0 spiro atoms.